The summed E-state index contributed by atoms with van der Waals surface area (Å²) in [6, 6.07) is 8.72. The molecule has 0 bridgehead atoms. The molecule has 1 unspecified atom stereocenters. The van der Waals surface area contributed by atoms with E-state index in [0.717, 1.165) is 48.5 Å². The quantitative estimate of drug-likeness (QED) is 0.517. The van der Waals surface area contributed by atoms with Crippen LogP contribution in [0, 0.1) is 25.5 Å². The van der Waals surface area contributed by atoms with E-state index in [1.54, 1.807) is 26.0 Å². The van der Waals surface area contributed by atoms with Gasteiger partial charge in [0, 0.05) is 17.3 Å². The molecule has 178 valence electrons. The second kappa shape index (κ2) is 10.4. The van der Waals surface area contributed by atoms with E-state index < -0.39 is 29.5 Å². The van der Waals surface area contributed by atoms with Crippen LogP contribution in [0.3, 0.4) is 0 Å². The Morgan fingerprint density at radius 3 is 2.44 bits per heavy atom. The number of benzene rings is 2. The summed E-state index contributed by atoms with van der Waals surface area (Å²) in [6.07, 6.45) is 4.73. The van der Waals surface area contributed by atoms with Gasteiger partial charge in [-0.15, -0.1) is 5.10 Å². The Labute approximate surface area is 201 Å². The molecule has 1 saturated carbocycles. The van der Waals surface area contributed by atoms with Gasteiger partial charge in [-0.2, -0.15) is 0 Å². The number of nitrogens with one attached hydrogen (secondary N) is 1. The lowest BCUT2D eigenvalue weighted by Gasteiger charge is -2.33. The molecule has 4 rings (SSSR count). The lowest BCUT2D eigenvalue weighted by Crippen LogP contribution is -2.47. The van der Waals surface area contributed by atoms with Crippen LogP contribution in [0.15, 0.2) is 42.5 Å². The maximum Gasteiger partial charge on any atom is 0.272 e. The molecule has 2 amide bonds. The van der Waals surface area contributed by atoms with Gasteiger partial charge >= 0.3 is 0 Å². The zero-order chi connectivity index (χ0) is 24.2. The summed E-state index contributed by atoms with van der Waals surface area (Å²) >= 11 is 0.881. The van der Waals surface area contributed by atoms with Gasteiger partial charge in [0.1, 0.15) is 22.6 Å². The molecular formula is C25H26F2N4O2S. The number of halogens is 2. The number of hydrogen-bond acceptors (Lipinski definition) is 5. The van der Waals surface area contributed by atoms with Crippen LogP contribution in [0.5, 0.6) is 0 Å². The first-order valence-corrected chi connectivity index (χ1v) is 12.1. The van der Waals surface area contributed by atoms with Crippen molar-refractivity contribution >= 4 is 29.0 Å². The molecule has 1 heterocycles. The van der Waals surface area contributed by atoms with Crippen molar-refractivity contribution in [3.05, 3.63) is 75.8 Å². The van der Waals surface area contributed by atoms with Crippen LogP contribution < -0.4 is 10.2 Å². The van der Waals surface area contributed by atoms with Crippen LogP contribution in [-0.2, 0) is 4.79 Å². The van der Waals surface area contributed by atoms with Crippen molar-refractivity contribution in [2.75, 3.05) is 4.90 Å². The topological polar surface area (TPSA) is 75.2 Å². The Balaban J connectivity index is 1.85. The predicted molar refractivity (Wildman–Crippen MR) is 127 cm³/mol. The van der Waals surface area contributed by atoms with Crippen LogP contribution in [-0.4, -0.2) is 27.4 Å². The summed E-state index contributed by atoms with van der Waals surface area (Å²) in [5.74, 6) is -2.27. The summed E-state index contributed by atoms with van der Waals surface area (Å²) in [7, 11) is 0. The van der Waals surface area contributed by atoms with Crippen molar-refractivity contribution in [2.45, 2.75) is 58.0 Å². The molecule has 1 aromatic heterocycles. The minimum Gasteiger partial charge on any atom is -0.351 e. The van der Waals surface area contributed by atoms with E-state index in [2.05, 4.69) is 14.9 Å². The van der Waals surface area contributed by atoms with E-state index >= 15 is 4.39 Å². The Bertz CT molecular complexity index is 1190. The average Bonchev–Trinajstić information content (AvgIpc) is 3.26. The summed E-state index contributed by atoms with van der Waals surface area (Å²) in [6.45, 7) is 3.23. The van der Waals surface area contributed by atoms with Gasteiger partial charge in [-0.1, -0.05) is 48.0 Å². The lowest BCUT2D eigenvalue weighted by atomic mass is 9.94. The van der Waals surface area contributed by atoms with Gasteiger partial charge < -0.3 is 5.32 Å². The highest BCUT2D eigenvalue weighted by molar-refractivity contribution is 7.08. The highest BCUT2D eigenvalue weighted by Crippen LogP contribution is 2.33. The summed E-state index contributed by atoms with van der Waals surface area (Å²) < 4.78 is 33.5. The molecule has 6 nitrogen and oxygen atoms in total. The van der Waals surface area contributed by atoms with E-state index in [0.29, 0.717) is 11.3 Å². The van der Waals surface area contributed by atoms with Gasteiger partial charge in [0.25, 0.3) is 5.91 Å². The van der Waals surface area contributed by atoms with Gasteiger partial charge in [0.2, 0.25) is 5.91 Å². The fourth-order valence-corrected chi connectivity index (χ4v) is 4.87. The van der Waals surface area contributed by atoms with Gasteiger partial charge in [0.05, 0.1) is 5.69 Å². The third-order valence-electron chi connectivity index (χ3n) is 6.16. The van der Waals surface area contributed by atoms with Crippen molar-refractivity contribution in [1.82, 2.24) is 14.9 Å². The fraction of sp³-hybridized carbons (Fsp3) is 0.360. The number of nitrogens with zero attached hydrogens (tertiary/aromatic N) is 3. The number of hydrogen-bond donors (Lipinski definition) is 1. The molecule has 0 spiro atoms. The minimum atomic E-state index is -1.35. The first-order chi connectivity index (χ1) is 16.4. The first-order valence-electron chi connectivity index (χ1n) is 11.3. The normalized spacial score (nSPS) is 15.1. The average molecular weight is 485 g/mol. The van der Waals surface area contributed by atoms with Crippen molar-refractivity contribution in [2.24, 2.45) is 0 Å². The van der Waals surface area contributed by atoms with Crippen LogP contribution in [0.4, 0.5) is 14.5 Å². The van der Waals surface area contributed by atoms with E-state index in [1.807, 2.05) is 0 Å². The molecule has 2 aromatic carbocycles. The minimum absolute atomic E-state index is 0.0280. The Kier molecular flexibility index (Phi) is 7.31. The third kappa shape index (κ3) is 4.99. The highest BCUT2D eigenvalue weighted by Gasteiger charge is 2.37. The molecule has 1 atom stereocenters. The largest absolute Gasteiger partial charge is 0.351 e. The maximum atomic E-state index is 15.1. The first kappa shape index (κ1) is 23.9. The molecule has 0 saturated heterocycles. The Morgan fingerprint density at radius 2 is 1.79 bits per heavy atom. The number of rotatable bonds is 6. The Hall–Kier alpha value is -3.20. The van der Waals surface area contributed by atoms with Crippen molar-refractivity contribution < 1.29 is 18.4 Å². The molecule has 1 N–H and O–H groups in total. The number of carbonyl (C=O) groups excluding carboxylic acids is 2. The lowest BCUT2D eigenvalue weighted by molar-refractivity contribution is -0.123. The van der Waals surface area contributed by atoms with Gasteiger partial charge in [0.15, 0.2) is 0 Å². The maximum absolute atomic E-state index is 15.1. The summed E-state index contributed by atoms with van der Waals surface area (Å²) in [4.78, 5) is 28.8. The second-order valence-corrected chi connectivity index (χ2v) is 9.32. The predicted octanol–water partition coefficient (Wildman–Crippen LogP) is 5.27. The smallest absolute Gasteiger partial charge is 0.272 e. The molecule has 1 aliphatic carbocycles. The number of aryl methyl sites for hydroxylation is 2. The monoisotopic (exact) mass is 484 g/mol. The number of amides is 2. The molecule has 0 radical (unpaired) electrons. The molecule has 34 heavy (non-hydrogen) atoms. The fourth-order valence-electron chi connectivity index (χ4n) is 4.27. The van der Waals surface area contributed by atoms with Crippen molar-refractivity contribution in [3.8, 4) is 0 Å². The molecular weight excluding hydrogens is 458 g/mol. The van der Waals surface area contributed by atoms with Gasteiger partial charge in [-0.05, 0) is 62.0 Å². The van der Waals surface area contributed by atoms with Crippen LogP contribution in [0.25, 0.3) is 0 Å². The van der Waals surface area contributed by atoms with Gasteiger partial charge in [-0.25, -0.2) is 8.78 Å². The van der Waals surface area contributed by atoms with Crippen LogP contribution in [0.2, 0.25) is 0 Å². The molecule has 9 heteroatoms. The summed E-state index contributed by atoms with van der Waals surface area (Å²) in [5.41, 5.74) is 0.946. The van der Waals surface area contributed by atoms with Crippen molar-refractivity contribution in [1.29, 1.82) is 0 Å². The summed E-state index contributed by atoms with van der Waals surface area (Å²) in [5, 5.41) is 6.92. The second-order valence-electron chi connectivity index (χ2n) is 8.56. The van der Waals surface area contributed by atoms with E-state index in [9.17, 15) is 14.0 Å². The molecule has 3 aromatic rings. The number of carbonyl (C=O) groups is 2. The third-order valence-corrected chi connectivity index (χ3v) is 6.97. The molecule has 1 fully saturated rings. The molecule has 1 aliphatic rings. The number of anilines is 1. The standard InChI is InChI=1S/C25H26F2N4O2S/c1-15-12-13-18(14-21(15)27)31(25(33)23-16(2)29-30-34-23)22(19-10-6-7-11-20(19)26)24(32)28-17-8-4-3-5-9-17/h6-7,10-14,17,22H,3-5,8-9H2,1-2H3,(H,28,32). The molecule has 0 aliphatic heterocycles. The van der Waals surface area contributed by atoms with E-state index in [1.165, 1.54) is 30.3 Å². The highest BCUT2D eigenvalue weighted by atomic mass is 32.1. The Morgan fingerprint density at radius 1 is 1.06 bits per heavy atom. The van der Waals surface area contributed by atoms with E-state index in [-0.39, 0.29) is 22.2 Å². The zero-order valence-corrected chi connectivity index (χ0v) is 19.9. The SMILES string of the molecule is Cc1ccc(N(C(=O)c2snnc2C)C(C(=O)NC2CCCCC2)c2ccccc2F)cc1F. The number of aromatic nitrogens is 2. The zero-order valence-electron chi connectivity index (χ0n) is 19.1. The van der Waals surface area contributed by atoms with Crippen LogP contribution >= 0.6 is 11.5 Å². The van der Waals surface area contributed by atoms with Crippen molar-refractivity contribution in [3.63, 3.8) is 0 Å². The van der Waals surface area contributed by atoms with Crippen LogP contribution in [0.1, 0.15) is 64.6 Å². The van der Waals surface area contributed by atoms with E-state index in [4.69, 9.17) is 0 Å². The van der Waals surface area contributed by atoms with Gasteiger partial charge in [-0.3, -0.25) is 14.5 Å².